The quantitative estimate of drug-likeness (QED) is 0.801. The van der Waals surface area contributed by atoms with Gasteiger partial charge in [0.2, 0.25) is 5.91 Å². The van der Waals surface area contributed by atoms with Gasteiger partial charge in [-0.2, -0.15) is 0 Å². The number of hydrogen-bond acceptors (Lipinski definition) is 3. The molecule has 0 saturated carbocycles. The summed E-state index contributed by atoms with van der Waals surface area (Å²) in [7, 11) is 5.04. The van der Waals surface area contributed by atoms with E-state index in [1.807, 2.05) is 12.1 Å². The molecule has 0 aliphatic heterocycles. The van der Waals surface area contributed by atoms with Crippen molar-refractivity contribution in [2.45, 2.75) is 0 Å². The van der Waals surface area contributed by atoms with Crippen molar-refractivity contribution >= 4 is 17.5 Å². The van der Waals surface area contributed by atoms with E-state index >= 15 is 0 Å². The maximum atomic E-state index is 11.8. The van der Waals surface area contributed by atoms with Crippen LogP contribution in [-0.4, -0.2) is 44.4 Å². The predicted molar refractivity (Wildman–Crippen MR) is 67.0 cm³/mol. The van der Waals surface area contributed by atoms with Crippen LogP contribution in [0.1, 0.15) is 10.4 Å². The molecule has 5 nitrogen and oxygen atoms in total. The van der Waals surface area contributed by atoms with Crippen LogP contribution in [-0.2, 0) is 4.79 Å². The van der Waals surface area contributed by atoms with Gasteiger partial charge in [0.15, 0.2) is 0 Å². The fraction of sp³-hybridized carbons (Fsp3) is 0.333. The van der Waals surface area contributed by atoms with Gasteiger partial charge in [-0.15, -0.1) is 0 Å². The number of anilines is 1. The molecule has 0 aliphatic rings. The van der Waals surface area contributed by atoms with Gasteiger partial charge in [0, 0.05) is 26.8 Å². The third-order valence-corrected chi connectivity index (χ3v) is 2.34. The number of amides is 2. The summed E-state index contributed by atoms with van der Waals surface area (Å²) in [6.45, 7) is 0.00385. The van der Waals surface area contributed by atoms with Crippen molar-refractivity contribution in [1.29, 1.82) is 0 Å². The van der Waals surface area contributed by atoms with Crippen LogP contribution < -0.4 is 10.6 Å². The summed E-state index contributed by atoms with van der Waals surface area (Å²) in [4.78, 5) is 24.6. The van der Waals surface area contributed by atoms with Crippen molar-refractivity contribution in [3.8, 4) is 0 Å². The lowest BCUT2D eigenvalue weighted by atomic mass is 10.1. The van der Waals surface area contributed by atoms with E-state index in [4.69, 9.17) is 0 Å². The maximum Gasteiger partial charge on any atom is 0.253 e. The fourth-order valence-corrected chi connectivity index (χ4v) is 1.31. The Kier molecular flexibility index (Phi) is 4.51. The molecule has 17 heavy (non-hydrogen) atoms. The normalized spacial score (nSPS) is 9.59. The first-order chi connectivity index (χ1) is 8.06. The van der Waals surface area contributed by atoms with E-state index in [9.17, 15) is 9.59 Å². The topological polar surface area (TPSA) is 61.4 Å². The van der Waals surface area contributed by atoms with Gasteiger partial charge in [0.05, 0.1) is 12.1 Å². The number of nitrogens with one attached hydrogen (secondary N) is 2. The SMILES string of the molecule is CNc1ccccc1C(=O)NCC(=O)N(C)C. The first-order valence-corrected chi connectivity index (χ1v) is 5.31. The Bertz CT molecular complexity index is 416. The number of carbonyl (C=O) groups is 2. The molecule has 0 bridgehead atoms. The van der Waals surface area contributed by atoms with E-state index in [0.717, 1.165) is 5.69 Å². The van der Waals surface area contributed by atoms with Crippen molar-refractivity contribution in [2.75, 3.05) is 33.0 Å². The molecule has 0 heterocycles. The maximum absolute atomic E-state index is 11.8. The second-order valence-electron chi connectivity index (χ2n) is 3.77. The highest BCUT2D eigenvalue weighted by molar-refractivity contribution is 6.01. The molecule has 92 valence electrons. The largest absolute Gasteiger partial charge is 0.387 e. The van der Waals surface area contributed by atoms with Gasteiger partial charge < -0.3 is 15.5 Å². The second-order valence-corrected chi connectivity index (χ2v) is 3.77. The Labute approximate surface area is 101 Å². The molecule has 0 fully saturated rings. The van der Waals surface area contributed by atoms with Gasteiger partial charge in [-0.25, -0.2) is 0 Å². The standard InChI is InChI=1S/C12H17N3O2/c1-13-10-7-5-4-6-9(10)12(17)14-8-11(16)15(2)3/h4-7,13H,8H2,1-3H3,(H,14,17). The number of nitrogens with zero attached hydrogens (tertiary/aromatic N) is 1. The van der Waals surface area contributed by atoms with Crippen LogP contribution in [0.4, 0.5) is 5.69 Å². The molecule has 2 amide bonds. The zero-order valence-corrected chi connectivity index (χ0v) is 10.3. The molecule has 0 aliphatic carbocycles. The average Bonchev–Trinajstić information content (AvgIpc) is 2.35. The molecular formula is C12H17N3O2. The average molecular weight is 235 g/mol. The van der Waals surface area contributed by atoms with Crippen molar-refractivity contribution < 1.29 is 9.59 Å². The smallest absolute Gasteiger partial charge is 0.253 e. The van der Waals surface area contributed by atoms with Crippen molar-refractivity contribution in [3.05, 3.63) is 29.8 Å². The van der Waals surface area contributed by atoms with E-state index in [2.05, 4.69) is 10.6 Å². The lowest BCUT2D eigenvalue weighted by Gasteiger charge is -2.12. The van der Waals surface area contributed by atoms with Gasteiger partial charge in [0.1, 0.15) is 0 Å². The Morgan fingerprint density at radius 1 is 1.24 bits per heavy atom. The molecule has 0 radical (unpaired) electrons. The molecule has 1 aromatic rings. The highest BCUT2D eigenvalue weighted by Crippen LogP contribution is 2.13. The van der Waals surface area contributed by atoms with Gasteiger partial charge in [0.25, 0.3) is 5.91 Å². The van der Waals surface area contributed by atoms with Crippen molar-refractivity contribution in [2.24, 2.45) is 0 Å². The molecule has 1 rings (SSSR count). The third-order valence-electron chi connectivity index (χ3n) is 2.34. The summed E-state index contributed by atoms with van der Waals surface area (Å²) >= 11 is 0. The van der Waals surface area contributed by atoms with Gasteiger partial charge in [-0.1, -0.05) is 12.1 Å². The van der Waals surface area contributed by atoms with Crippen LogP contribution in [0.2, 0.25) is 0 Å². The Morgan fingerprint density at radius 2 is 1.88 bits per heavy atom. The number of carbonyl (C=O) groups excluding carboxylic acids is 2. The molecule has 2 N–H and O–H groups in total. The molecule has 0 atom stereocenters. The highest BCUT2D eigenvalue weighted by Gasteiger charge is 2.11. The molecule has 0 saturated heterocycles. The summed E-state index contributed by atoms with van der Waals surface area (Å²) in [6, 6.07) is 7.14. The third kappa shape index (κ3) is 3.48. The minimum Gasteiger partial charge on any atom is -0.387 e. The number of para-hydroxylation sites is 1. The van der Waals surface area contributed by atoms with Gasteiger partial charge >= 0.3 is 0 Å². The van der Waals surface area contributed by atoms with Crippen LogP contribution in [0.15, 0.2) is 24.3 Å². The van der Waals surface area contributed by atoms with Crippen LogP contribution in [0.3, 0.4) is 0 Å². The number of likely N-dealkylation sites (N-methyl/N-ethyl adjacent to an activating group) is 1. The Balaban J connectivity index is 2.67. The van der Waals surface area contributed by atoms with E-state index in [1.165, 1.54) is 4.90 Å². The molecular weight excluding hydrogens is 218 g/mol. The van der Waals surface area contributed by atoms with E-state index in [-0.39, 0.29) is 18.4 Å². The Hall–Kier alpha value is -2.04. The van der Waals surface area contributed by atoms with Crippen LogP contribution >= 0.6 is 0 Å². The van der Waals surface area contributed by atoms with E-state index in [0.29, 0.717) is 5.56 Å². The van der Waals surface area contributed by atoms with E-state index in [1.54, 1.807) is 33.3 Å². The minimum atomic E-state index is -0.259. The lowest BCUT2D eigenvalue weighted by molar-refractivity contribution is -0.127. The predicted octanol–water partition coefficient (Wildman–Crippen LogP) is 0.546. The summed E-state index contributed by atoms with van der Waals surface area (Å²) in [5.41, 5.74) is 1.27. The fourth-order valence-electron chi connectivity index (χ4n) is 1.31. The summed E-state index contributed by atoms with van der Waals surface area (Å²) in [5.74, 6) is -0.398. The summed E-state index contributed by atoms with van der Waals surface area (Å²) in [5, 5.41) is 5.52. The van der Waals surface area contributed by atoms with Gasteiger partial charge in [-0.05, 0) is 12.1 Å². The zero-order chi connectivity index (χ0) is 12.8. The van der Waals surface area contributed by atoms with E-state index < -0.39 is 0 Å². The Morgan fingerprint density at radius 3 is 2.47 bits per heavy atom. The zero-order valence-electron chi connectivity index (χ0n) is 10.3. The lowest BCUT2D eigenvalue weighted by Crippen LogP contribution is -2.36. The molecule has 1 aromatic carbocycles. The van der Waals surface area contributed by atoms with Crippen molar-refractivity contribution in [1.82, 2.24) is 10.2 Å². The van der Waals surface area contributed by atoms with Crippen LogP contribution in [0.5, 0.6) is 0 Å². The monoisotopic (exact) mass is 235 g/mol. The molecule has 0 spiro atoms. The molecule has 0 aromatic heterocycles. The first-order valence-electron chi connectivity index (χ1n) is 5.31. The molecule has 5 heteroatoms. The highest BCUT2D eigenvalue weighted by atomic mass is 16.2. The van der Waals surface area contributed by atoms with Crippen molar-refractivity contribution in [3.63, 3.8) is 0 Å². The van der Waals surface area contributed by atoms with Crippen LogP contribution in [0, 0.1) is 0 Å². The number of rotatable bonds is 4. The minimum absolute atomic E-state index is 0.00385. The van der Waals surface area contributed by atoms with Gasteiger partial charge in [-0.3, -0.25) is 9.59 Å². The first kappa shape index (κ1) is 13.0. The second kappa shape index (κ2) is 5.89. The molecule has 0 unspecified atom stereocenters. The summed E-state index contributed by atoms with van der Waals surface area (Å²) < 4.78 is 0. The number of benzene rings is 1. The van der Waals surface area contributed by atoms with Crippen LogP contribution in [0.25, 0.3) is 0 Å². The summed E-state index contributed by atoms with van der Waals surface area (Å²) in [6.07, 6.45) is 0. The number of hydrogen-bond donors (Lipinski definition) is 2.